The fourth-order valence-corrected chi connectivity index (χ4v) is 0.655. The van der Waals surface area contributed by atoms with Crippen molar-refractivity contribution in [2.45, 2.75) is 0 Å². The SMILES string of the molecule is C1=COC(c2conn2)=CO1. The molecular weight excluding hydrogens is 148 g/mol. The second-order valence-corrected chi connectivity index (χ2v) is 1.80. The third-order valence-corrected chi connectivity index (χ3v) is 1.12. The first-order chi connectivity index (χ1) is 5.47. The Balaban J connectivity index is 2.24. The van der Waals surface area contributed by atoms with E-state index in [0.717, 1.165) is 0 Å². The van der Waals surface area contributed by atoms with Crippen LogP contribution in [0.4, 0.5) is 0 Å². The summed E-state index contributed by atoms with van der Waals surface area (Å²) in [5, 5.41) is 6.89. The molecule has 1 aromatic heterocycles. The predicted molar refractivity (Wildman–Crippen MR) is 33.6 cm³/mol. The van der Waals surface area contributed by atoms with Crippen molar-refractivity contribution in [3.63, 3.8) is 0 Å². The molecule has 0 spiro atoms. The summed E-state index contributed by atoms with van der Waals surface area (Å²) in [6.07, 6.45) is 5.61. The van der Waals surface area contributed by atoms with Crippen LogP contribution in [0.1, 0.15) is 5.69 Å². The van der Waals surface area contributed by atoms with Crippen LogP contribution in [0, 0.1) is 0 Å². The maximum Gasteiger partial charge on any atom is 0.192 e. The molecule has 2 heterocycles. The molecule has 5 heteroatoms. The van der Waals surface area contributed by atoms with Crippen LogP contribution in [0.3, 0.4) is 0 Å². The highest BCUT2D eigenvalue weighted by Crippen LogP contribution is 2.15. The number of nitrogens with zero attached hydrogens (tertiary/aromatic N) is 2. The van der Waals surface area contributed by atoms with Crippen molar-refractivity contribution in [3.05, 3.63) is 30.7 Å². The molecule has 2 rings (SSSR count). The second-order valence-electron chi connectivity index (χ2n) is 1.80. The average molecular weight is 152 g/mol. The Kier molecular flexibility index (Phi) is 1.33. The van der Waals surface area contributed by atoms with Gasteiger partial charge in [0.2, 0.25) is 0 Å². The molecule has 5 nitrogen and oxygen atoms in total. The zero-order valence-electron chi connectivity index (χ0n) is 5.43. The van der Waals surface area contributed by atoms with Gasteiger partial charge >= 0.3 is 0 Å². The minimum Gasteiger partial charge on any atom is -0.465 e. The third-order valence-electron chi connectivity index (χ3n) is 1.12. The Morgan fingerprint density at radius 3 is 2.91 bits per heavy atom. The first-order valence-corrected chi connectivity index (χ1v) is 2.91. The zero-order chi connectivity index (χ0) is 7.52. The van der Waals surface area contributed by atoms with Crippen molar-refractivity contribution in [3.8, 4) is 0 Å². The second kappa shape index (κ2) is 2.45. The van der Waals surface area contributed by atoms with E-state index in [1.54, 1.807) is 0 Å². The summed E-state index contributed by atoms with van der Waals surface area (Å²) < 4.78 is 14.4. The summed E-state index contributed by atoms with van der Waals surface area (Å²) in [6.45, 7) is 0. The highest BCUT2D eigenvalue weighted by molar-refractivity contribution is 5.54. The maximum absolute atomic E-state index is 5.02. The summed E-state index contributed by atoms with van der Waals surface area (Å²) in [4.78, 5) is 0. The van der Waals surface area contributed by atoms with Crippen molar-refractivity contribution in [2.24, 2.45) is 0 Å². The first-order valence-electron chi connectivity index (χ1n) is 2.91. The fourth-order valence-electron chi connectivity index (χ4n) is 0.655. The minimum atomic E-state index is 0.480. The van der Waals surface area contributed by atoms with Gasteiger partial charge in [-0.05, 0) is 0 Å². The number of ether oxygens (including phenoxy) is 2. The molecule has 0 radical (unpaired) electrons. The molecule has 0 aromatic carbocycles. The summed E-state index contributed by atoms with van der Waals surface area (Å²) in [5.74, 6) is 0.480. The smallest absolute Gasteiger partial charge is 0.192 e. The largest absolute Gasteiger partial charge is 0.465 e. The molecule has 0 unspecified atom stereocenters. The molecule has 0 saturated heterocycles. The number of hydrogen-bond donors (Lipinski definition) is 0. The van der Waals surface area contributed by atoms with Gasteiger partial charge in [0.1, 0.15) is 18.8 Å². The van der Waals surface area contributed by atoms with E-state index in [-0.39, 0.29) is 0 Å². The van der Waals surface area contributed by atoms with Crippen LogP contribution >= 0.6 is 0 Å². The lowest BCUT2D eigenvalue weighted by Gasteiger charge is -2.04. The van der Waals surface area contributed by atoms with E-state index in [9.17, 15) is 0 Å². The van der Waals surface area contributed by atoms with Crippen LogP contribution in [-0.2, 0) is 9.47 Å². The van der Waals surface area contributed by atoms with Gasteiger partial charge in [0.25, 0.3) is 0 Å². The van der Waals surface area contributed by atoms with Crippen LogP contribution in [-0.4, -0.2) is 10.4 Å². The van der Waals surface area contributed by atoms with Gasteiger partial charge < -0.3 is 14.0 Å². The van der Waals surface area contributed by atoms with Gasteiger partial charge in [-0.15, -0.1) is 5.10 Å². The summed E-state index contributed by atoms with van der Waals surface area (Å²) in [6, 6.07) is 0. The van der Waals surface area contributed by atoms with Crippen LogP contribution < -0.4 is 0 Å². The molecular formula is C6H4N2O3. The number of rotatable bonds is 1. The van der Waals surface area contributed by atoms with E-state index < -0.39 is 0 Å². The zero-order valence-corrected chi connectivity index (χ0v) is 5.43. The van der Waals surface area contributed by atoms with Gasteiger partial charge in [-0.3, -0.25) is 0 Å². The molecule has 1 aliphatic heterocycles. The Morgan fingerprint density at radius 2 is 2.27 bits per heavy atom. The van der Waals surface area contributed by atoms with Gasteiger partial charge in [-0.2, -0.15) is 0 Å². The van der Waals surface area contributed by atoms with E-state index in [1.807, 2.05) is 0 Å². The molecule has 0 fully saturated rings. The molecule has 0 bridgehead atoms. The van der Waals surface area contributed by atoms with E-state index in [2.05, 4.69) is 14.9 Å². The van der Waals surface area contributed by atoms with Crippen molar-refractivity contribution in [1.29, 1.82) is 0 Å². The van der Waals surface area contributed by atoms with Crippen molar-refractivity contribution in [1.82, 2.24) is 10.4 Å². The molecule has 56 valence electrons. The molecule has 0 amide bonds. The fraction of sp³-hybridized carbons (Fsp3) is 0. The van der Waals surface area contributed by atoms with Crippen molar-refractivity contribution >= 4 is 5.76 Å². The topological polar surface area (TPSA) is 57.4 Å². The highest BCUT2D eigenvalue weighted by Gasteiger charge is 2.08. The lowest BCUT2D eigenvalue weighted by molar-refractivity contribution is 0.311. The quantitative estimate of drug-likeness (QED) is 0.598. The van der Waals surface area contributed by atoms with Gasteiger partial charge in [0.15, 0.2) is 17.7 Å². The van der Waals surface area contributed by atoms with E-state index in [1.165, 1.54) is 25.0 Å². The highest BCUT2D eigenvalue weighted by atomic mass is 16.5. The Morgan fingerprint density at radius 1 is 1.27 bits per heavy atom. The Hall–Kier alpha value is -1.78. The third kappa shape index (κ3) is 1.07. The Bertz CT molecular complexity index is 289. The average Bonchev–Trinajstić information content (AvgIpc) is 2.58. The summed E-state index contributed by atoms with van der Waals surface area (Å²) in [7, 11) is 0. The monoisotopic (exact) mass is 152 g/mol. The molecule has 0 saturated carbocycles. The lowest BCUT2D eigenvalue weighted by Crippen LogP contribution is -1.91. The van der Waals surface area contributed by atoms with Gasteiger partial charge in [0.05, 0.1) is 0 Å². The van der Waals surface area contributed by atoms with Gasteiger partial charge in [-0.1, -0.05) is 0 Å². The van der Waals surface area contributed by atoms with Crippen LogP contribution in [0.15, 0.2) is 29.6 Å². The minimum absolute atomic E-state index is 0.480. The van der Waals surface area contributed by atoms with Crippen LogP contribution in [0.25, 0.3) is 5.76 Å². The van der Waals surface area contributed by atoms with Crippen molar-refractivity contribution in [2.75, 3.05) is 0 Å². The first kappa shape index (κ1) is 5.96. The molecule has 1 aliphatic rings. The Labute approximate surface area is 61.9 Å². The van der Waals surface area contributed by atoms with Crippen molar-refractivity contribution < 1.29 is 14.0 Å². The number of aromatic nitrogens is 2. The standard InChI is InChI=1S/C6H4N2O3/c1-2-10-6(4-9-1)5-3-11-8-7-5/h1-4H. The summed E-state index contributed by atoms with van der Waals surface area (Å²) in [5.41, 5.74) is 0.509. The van der Waals surface area contributed by atoms with Crippen LogP contribution in [0.2, 0.25) is 0 Å². The summed E-state index contributed by atoms with van der Waals surface area (Å²) >= 11 is 0. The molecule has 11 heavy (non-hydrogen) atoms. The van der Waals surface area contributed by atoms with Gasteiger partial charge in [-0.25, -0.2) is 0 Å². The molecule has 0 atom stereocenters. The predicted octanol–water partition coefficient (Wildman–Crippen LogP) is 0.886. The van der Waals surface area contributed by atoms with E-state index in [4.69, 9.17) is 9.47 Å². The molecule has 1 aromatic rings. The lowest BCUT2D eigenvalue weighted by atomic mass is 10.4. The van der Waals surface area contributed by atoms with E-state index >= 15 is 0 Å². The molecule has 0 aliphatic carbocycles. The maximum atomic E-state index is 5.02. The molecule has 0 N–H and O–H groups in total. The normalized spacial score (nSPS) is 15.1. The van der Waals surface area contributed by atoms with E-state index in [0.29, 0.717) is 11.5 Å². The van der Waals surface area contributed by atoms with Crippen LogP contribution in [0.5, 0.6) is 0 Å². The van der Waals surface area contributed by atoms with Gasteiger partial charge in [0, 0.05) is 5.27 Å². The number of hydrogen-bond acceptors (Lipinski definition) is 5.